The molecule has 0 radical (unpaired) electrons. The molecule has 1 aromatic carbocycles. The van der Waals surface area contributed by atoms with Crippen LogP contribution in [0.2, 0.25) is 0 Å². The van der Waals surface area contributed by atoms with Crippen molar-refractivity contribution < 1.29 is 22.7 Å². The molecule has 1 saturated heterocycles. The lowest BCUT2D eigenvalue weighted by Crippen LogP contribution is -2.34. The van der Waals surface area contributed by atoms with Crippen LogP contribution in [0.25, 0.3) is 0 Å². The van der Waals surface area contributed by atoms with Crippen LogP contribution in [0.3, 0.4) is 0 Å². The van der Waals surface area contributed by atoms with E-state index in [4.69, 9.17) is 0 Å². The van der Waals surface area contributed by atoms with Gasteiger partial charge in [-0.1, -0.05) is 12.1 Å². The largest absolute Gasteiger partial charge is 0.573 e. The second-order valence-electron chi connectivity index (χ2n) is 6.50. The molecular formula is C17H21F3N2O2. The summed E-state index contributed by atoms with van der Waals surface area (Å²) < 4.78 is 40.4. The first-order valence-electron chi connectivity index (χ1n) is 8.24. The maximum atomic E-state index is 12.2. The lowest BCUT2D eigenvalue weighted by Gasteiger charge is -2.22. The van der Waals surface area contributed by atoms with Crippen molar-refractivity contribution in [2.24, 2.45) is 5.92 Å². The Morgan fingerprint density at radius 2 is 1.79 bits per heavy atom. The molecule has 1 saturated carbocycles. The molecule has 1 heterocycles. The van der Waals surface area contributed by atoms with Crippen LogP contribution in [-0.4, -0.2) is 48.2 Å². The van der Waals surface area contributed by atoms with Gasteiger partial charge in [0.05, 0.1) is 0 Å². The molecule has 2 fully saturated rings. The van der Waals surface area contributed by atoms with Gasteiger partial charge in [0.2, 0.25) is 5.91 Å². The van der Waals surface area contributed by atoms with Crippen molar-refractivity contribution in [1.82, 2.24) is 9.80 Å². The van der Waals surface area contributed by atoms with E-state index in [-0.39, 0.29) is 11.7 Å². The first kappa shape index (κ1) is 17.1. The van der Waals surface area contributed by atoms with Crippen molar-refractivity contribution in [3.8, 4) is 5.75 Å². The smallest absolute Gasteiger partial charge is 0.406 e. The van der Waals surface area contributed by atoms with Gasteiger partial charge in [-0.2, -0.15) is 0 Å². The second kappa shape index (κ2) is 7.01. The topological polar surface area (TPSA) is 32.8 Å². The summed E-state index contributed by atoms with van der Waals surface area (Å²) in [6, 6.07) is 5.92. The van der Waals surface area contributed by atoms with Crippen molar-refractivity contribution in [3.05, 3.63) is 29.8 Å². The van der Waals surface area contributed by atoms with Gasteiger partial charge in [0.25, 0.3) is 0 Å². The Morgan fingerprint density at radius 1 is 1.08 bits per heavy atom. The molecule has 0 spiro atoms. The van der Waals surface area contributed by atoms with Gasteiger partial charge in [0, 0.05) is 39.1 Å². The molecule has 7 heteroatoms. The first-order chi connectivity index (χ1) is 11.4. The summed E-state index contributed by atoms with van der Waals surface area (Å²) in [6.45, 7) is 3.69. The maximum absolute atomic E-state index is 12.2. The Kier molecular flexibility index (Phi) is 4.99. The Balaban J connectivity index is 1.52. The van der Waals surface area contributed by atoms with Gasteiger partial charge in [-0.25, -0.2) is 0 Å². The van der Waals surface area contributed by atoms with Gasteiger partial charge in [0.1, 0.15) is 5.75 Å². The summed E-state index contributed by atoms with van der Waals surface area (Å²) in [7, 11) is 0. The van der Waals surface area contributed by atoms with Crippen molar-refractivity contribution in [3.63, 3.8) is 0 Å². The average molecular weight is 342 g/mol. The Morgan fingerprint density at radius 3 is 2.42 bits per heavy atom. The SMILES string of the molecule is O=C1CCN(Cc2ccc(OC(F)(F)F)cc2)CCN1CC1CC1. The van der Waals surface area contributed by atoms with Gasteiger partial charge in [-0.3, -0.25) is 9.69 Å². The number of hydrogen-bond acceptors (Lipinski definition) is 3. The molecule has 1 aliphatic heterocycles. The standard InChI is InChI=1S/C17H21F3N2O2/c18-17(19,20)24-15-5-3-13(4-6-15)11-21-8-7-16(23)22(10-9-21)12-14-1-2-14/h3-6,14H,1-2,7-12H2. The summed E-state index contributed by atoms with van der Waals surface area (Å²) >= 11 is 0. The van der Waals surface area contributed by atoms with Crippen LogP contribution >= 0.6 is 0 Å². The van der Waals surface area contributed by atoms with E-state index in [1.54, 1.807) is 12.1 Å². The molecule has 4 nitrogen and oxygen atoms in total. The lowest BCUT2D eigenvalue weighted by molar-refractivity contribution is -0.274. The quantitative estimate of drug-likeness (QED) is 0.825. The number of hydrogen-bond donors (Lipinski definition) is 0. The number of nitrogens with zero attached hydrogens (tertiary/aromatic N) is 2. The summed E-state index contributed by atoms with van der Waals surface area (Å²) in [6.07, 6.45) is -1.72. The minimum absolute atomic E-state index is 0.207. The first-order valence-corrected chi connectivity index (χ1v) is 8.24. The second-order valence-corrected chi connectivity index (χ2v) is 6.50. The summed E-state index contributed by atoms with van der Waals surface area (Å²) in [4.78, 5) is 16.3. The number of alkyl halides is 3. The molecule has 0 unspecified atom stereocenters. The molecule has 132 valence electrons. The van der Waals surface area contributed by atoms with E-state index in [1.165, 1.54) is 25.0 Å². The lowest BCUT2D eigenvalue weighted by atomic mass is 10.2. The summed E-state index contributed by atoms with van der Waals surface area (Å²) in [5.74, 6) is 0.674. The predicted octanol–water partition coefficient (Wildman–Crippen LogP) is 3.03. The fourth-order valence-electron chi connectivity index (χ4n) is 2.93. The van der Waals surface area contributed by atoms with E-state index in [0.29, 0.717) is 25.4 Å². The minimum Gasteiger partial charge on any atom is -0.406 e. The molecular weight excluding hydrogens is 321 g/mol. The summed E-state index contributed by atoms with van der Waals surface area (Å²) in [5.41, 5.74) is 0.910. The number of amides is 1. The predicted molar refractivity (Wildman–Crippen MR) is 82.3 cm³/mol. The molecule has 1 aromatic rings. The highest BCUT2D eigenvalue weighted by atomic mass is 19.4. The number of benzene rings is 1. The zero-order valence-electron chi connectivity index (χ0n) is 13.4. The maximum Gasteiger partial charge on any atom is 0.573 e. The highest BCUT2D eigenvalue weighted by Crippen LogP contribution is 2.30. The van der Waals surface area contributed by atoms with Crippen molar-refractivity contribution in [1.29, 1.82) is 0 Å². The van der Waals surface area contributed by atoms with Gasteiger partial charge in [-0.15, -0.1) is 13.2 Å². The number of carbonyl (C=O) groups excluding carboxylic acids is 1. The third kappa shape index (κ3) is 5.12. The molecule has 0 N–H and O–H groups in total. The Hall–Kier alpha value is -1.76. The normalized spacial score (nSPS) is 20.1. The number of carbonyl (C=O) groups is 1. The third-order valence-corrected chi connectivity index (χ3v) is 4.42. The highest BCUT2D eigenvalue weighted by Gasteiger charge is 2.31. The fourth-order valence-corrected chi connectivity index (χ4v) is 2.93. The molecule has 1 aliphatic carbocycles. The minimum atomic E-state index is -4.67. The zero-order chi connectivity index (χ0) is 17.2. The van der Waals surface area contributed by atoms with Crippen LogP contribution in [0.4, 0.5) is 13.2 Å². The molecule has 1 amide bonds. The fraction of sp³-hybridized carbons (Fsp3) is 0.588. The van der Waals surface area contributed by atoms with Crippen LogP contribution in [0.1, 0.15) is 24.8 Å². The van der Waals surface area contributed by atoms with Crippen LogP contribution in [-0.2, 0) is 11.3 Å². The van der Waals surface area contributed by atoms with E-state index >= 15 is 0 Å². The van der Waals surface area contributed by atoms with E-state index in [0.717, 1.165) is 25.2 Å². The summed E-state index contributed by atoms with van der Waals surface area (Å²) in [5, 5.41) is 0. The monoisotopic (exact) mass is 342 g/mol. The molecule has 0 atom stereocenters. The van der Waals surface area contributed by atoms with Crippen LogP contribution in [0.15, 0.2) is 24.3 Å². The third-order valence-electron chi connectivity index (χ3n) is 4.42. The molecule has 0 bridgehead atoms. The Labute approximate surface area is 139 Å². The van der Waals surface area contributed by atoms with Gasteiger partial charge in [0.15, 0.2) is 0 Å². The van der Waals surface area contributed by atoms with E-state index < -0.39 is 6.36 Å². The molecule has 0 aromatic heterocycles. The molecule has 2 aliphatic rings. The van der Waals surface area contributed by atoms with Gasteiger partial charge in [-0.05, 0) is 36.5 Å². The van der Waals surface area contributed by atoms with Crippen molar-refractivity contribution >= 4 is 5.91 Å². The van der Waals surface area contributed by atoms with E-state index in [1.807, 2.05) is 4.90 Å². The van der Waals surface area contributed by atoms with Crippen LogP contribution < -0.4 is 4.74 Å². The van der Waals surface area contributed by atoms with Crippen LogP contribution in [0, 0.1) is 5.92 Å². The zero-order valence-corrected chi connectivity index (χ0v) is 13.4. The molecule has 3 rings (SSSR count). The average Bonchev–Trinajstić information content (AvgIpc) is 3.33. The van der Waals surface area contributed by atoms with Crippen molar-refractivity contribution in [2.75, 3.05) is 26.2 Å². The van der Waals surface area contributed by atoms with Crippen molar-refractivity contribution in [2.45, 2.75) is 32.2 Å². The molecule has 24 heavy (non-hydrogen) atoms. The number of halogens is 3. The number of rotatable bonds is 5. The van der Waals surface area contributed by atoms with Gasteiger partial charge >= 0.3 is 6.36 Å². The van der Waals surface area contributed by atoms with E-state index in [2.05, 4.69) is 9.64 Å². The highest BCUT2D eigenvalue weighted by molar-refractivity contribution is 5.76. The number of ether oxygens (including phenoxy) is 1. The van der Waals surface area contributed by atoms with E-state index in [9.17, 15) is 18.0 Å². The van der Waals surface area contributed by atoms with Gasteiger partial charge < -0.3 is 9.64 Å². The Bertz CT molecular complexity index is 570. The van der Waals surface area contributed by atoms with Crippen LogP contribution in [0.5, 0.6) is 5.75 Å².